The molecule has 0 aromatic carbocycles. The van der Waals surface area contributed by atoms with Gasteiger partial charge in [-0.25, -0.2) is 14.8 Å². The summed E-state index contributed by atoms with van der Waals surface area (Å²) >= 11 is 1.84. The maximum absolute atomic E-state index is 14.3. The van der Waals surface area contributed by atoms with Crippen molar-refractivity contribution in [1.29, 1.82) is 0 Å². The molecule has 468 valence electrons. The van der Waals surface area contributed by atoms with Crippen LogP contribution in [0.5, 0.6) is 0 Å². The molecule has 33 heteroatoms. The number of urea groups is 1. The van der Waals surface area contributed by atoms with Crippen LogP contribution in [0.3, 0.4) is 0 Å². The van der Waals surface area contributed by atoms with Gasteiger partial charge < -0.3 is 88.0 Å². The Hall–Kier alpha value is -7.59. The number of thioether (sulfide) groups is 1. The lowest BCUT2D eigenvalue weighted by atomic mass is 9.92. The van der Waals surface area contributed by atoms with Gasteiger partial charge in [0.05, 0.1) is 82.1 Å². The van der Waals surface area contributed by atoms with Crippen molar-refractivity contribution in [3.05, 3.63) is 48.3 Å². The fourth-order valence-electron chi connectivity index (χ4n) is 9.58. The van der Waals surface area contributed by atoms with E-state index in [1.807, 2.05) is 11.8 Å². The van der Waals surface area contributed by atoms with Gasteiger partial charge >= 0.3 is 6.03 Å². The van der Waals surface area contributed by atoms with Gasteiger partial charge in [-0.3, -0.25) is 47.8 Å². The van der Waals surface area contributed by atoms with E-state index in [0.717, 1.165) is 25.0 Å². The SMILES string of the molecule is C[C@H](O)[C@H]1NC(=O)[C@@H](Cc2cnc[nH]2)CC(=O)[C@@H](CO)NC(=O)[C@@H](Cc2cnc[nH]2)NC(=O)[C@@H](NC(=O)COCCOCCOCCNC(=O)CCCC[C@@H]2SC[C@@H]3NC(=O)N[C@@H]32)Cc2cn(nn2)CCCC[C@@H](C(N)=O)NC(=O)[C@@H](C)NC1=O. The highest BCUT2D eigenvalue weighted by molar-refractivity contribution is 8.00. The molecule has 15 N–H and O–H groups in total. The maximum atomic E-state index is 14.3. The first-order chi connectivity index (χ1) is 40.9. The summed E-state index contributed by atoms with van der Waals surface area (Å²) in [5, 5.41) is 53.7. The summed E-state index contributed by atoms with van der Waals surface area (Å²) in [7, 11) is 0. The molecule has 3 aliphatic rings. The number of nitrogens with two attached hydrogens (primary N) is 1. The monoisotopic (exact) mass is 1210 g/mol. The summed E-state index contributed by atoms with van der Waals surface area (Å²) in [5.41, 5.74) is 6.64. The van der Waals surface area contributed by atoms with Crippen LogP contribution in [-0.4, -0.2) is 222 Å². The number of hydrogen-bond acceptors (Lipinski definition) is 20. The average molecular weight is 1210 g/mol. The molecule has 3 aromatic heterocycles. The van der Waals surface area contributed by atoms with E-state index < -0.39 is 115 Å². The minimum Gasteiger partial charge on any atom is -0.394 e. The molecular weight excluding hydrogens is 1130 g/mol. The van der Waals surface area contributed by atoms with E-state index in [-0.39, 0.29) is 95.0 Å². The Labute approximate surface area is 493 Å². The smallest absolute Gasteiger partial charge is 0.315 e. The lowest BCUT2D eigenvalue weighted by molar-refractivity contribution is -0.137. The molecule has 0 aliphatic carbocycles. The second-order valence-corrected chi connectivity index (χ2v) is 22.2. The number of fused-ring (bicyclic) bond motifs is 3. The Morgan fingerprint density at radius 3 is 2.19 bits per heavy atom. The van der Waals surface area contributed by atoms with E-state index >= 15 is 0 Å². The molecule has 11 atom stereocenters. The minimum atomic E-state index is -1.66. The Balaban J connectivity index is 1.05. The third kappa shape index (κ3) is 22.1. The number of Topliss-reactive ketones (excluding diaryl/α,β-unsaturated/α-hetero) is 1. The quantitative estimate of drug-likeness (QED) is 0.0296. The van der Waals surface area contributed by atoms with Gasteiger partial charge in [0.25, 0.3) is 0 Å². The number of rotatable bonds is 24. The highest BCUT2D eigenvalue weighted by atomic mass is 32.2. The van der Waals surface area contributed by atoms with Gasteiger partial charge in [0, 0.05) is 86.2 Å². The number of unbranched alkanes of at least 4 members (excludes halogenated alkanes) is 1. The third-order valence-corrected chi connectivity index (χ3v) is 15.7. The number of H-pyrrole nitrogens is 2. The molecule has 3 aliphatic heterocycles. The van der Waals surface area contributed by atoms with Crippen LogP contribution in [-0.2, 0) is 83.2 Å². The van der Waals surface area contributed by atoms with Gasteiger partial charge in [-0.15, -0.1) is 5.10 Å². The van der Waals surface area contributed by atoms with Gasteiger partial charge in [0.1, 0.15) is 42.9 Å². The Kier molecular flexibility index (Phi) is 26.9. The summed E-state index contributed by atoms with van der Waals surface area (Å²) in [6.45, 7) is 2.42. The van der Waals surface area contributed by atoms with E-state index in [1.165, 1.54) is 49.8 Å². The van der Waals surface area contributed by atoms with Crippen LogP contribution in [0.2, 0.25) is 0 Å². The fourth-order valence-corrected chi connectivity index (χ4v) is 11.1. The number of imidazole rings is 2. The van der Waals surface area contributed by atoms with Crippen molar-refractivity contribution in [1.82, 2.24) is 82.8 Å². The summed E-state index contributed by atoms with van der Waals surface area (Å²) < 4.78 is 18.1. The molecule has 0 saturated carbocycles. The first-order valence-electron chi connectivity index (χ1n) is 28.3. The lowest BCUT2D eigenvalue weighted by Crippen LogP contribution is -2.59. The summed E-state index contributed by atoms with van der Waals surface area (Å²) in [4.78, 5) is 147. The zero-order chi connectivity index (χ0) is 61.3. The van der Waals surface area contributed by atoms with Crippen molar-refractivity contribution < 1.29 is 72.4 Å². The van der Waals surface area contributed by atoms with Gasteiger partial charge in [0.15, 0.2) is 5.78 Å². The minimum absolute atomic E-state index is 0.0163. The van der Waals surface area contributed by atoms with Crippen molar-refractivity contribution >= 4 is 70.8 Å². The molecule has 0 spiro atoms. The lowest BCUT2D eigenvalue weighted by Gasteiger charge is -2.27. The molecule has 85 heavy (non-hydrogen) atoms. The number of aryl methyl sites for hydroxylation is 1. The molecule has 0 radical (unpaired) electrons. The number of nitrogens with zero attached hydrogens (tertiary/aromatic N) is 5. The molecule has 0 unspecified atom stereocenters. The third-order valence-electron chi connectivity index (χ3n) is 14.2. The molecule has 32 nitrogen and oxygen atoms in total. The molecule has 2 bridgehead atoms. The Morgan fingerprint density at radius 1 is 0.788 bits per heavy atom. The number of ether oxygens (including phenoxy) is 3. The zero-order valence-electron chi connectivity index (χ0n) is 47.5. The van der Waals surface area contributed by atoms with Gasteiger partial charge in [0.2, 0.25) is 47.3 Å². The van der Waals surface area contributed by atoms with Crippen molar-refractivity contribution in [2.75, 3.05) is 58.5 Å². The first-order valence-corrected chi connectivity index (χ1v) is 29.4. The second kappa shape index (κ2) is 34.4. The number of aromatic amines is 2. The largest absolute Gasteiger partial charge is 0.394 e. The van der Waals surface area contributed by atoms with Crippen LogP contribution in [0.15, 0.2) is 31.2 Å². The van der Waals surface area contributed by atoms with Gasteiger partial charge in [-0.05, 0) is 46.0 Å². The molecule has 6 rings (SSSR count). The molecular formula is C52H79N17O15S. The van der Waals surface area contributed by atoms with Crippen LogP contribution in [0.25, 0.3) is 0 Å². The molecule has 2 saturated heterocycles. The zero-order valence-corrected chi connectivity index (χ0v) is 48.3. The van der Waals surface area contributed by atoms with Crippen LogP contribution in [0.4, 0.5) is 4.79 Å². The molecule has 2 fully saturated rings. The van der Waals surface area contributed by atoms with Crippen molar-refractivity contribution in [2.24, 2.45) is 11.7 Å². The van der Waals surface area contributed by atoms with Gasteiger partial charge in [-0.2, -0.15) is 11.8 Å². The molecule has 6 heterocycles. The number of aromatic nitrogens is 7. The molecule has 3 aromatic rings. The number of ketones is 1. The highest BCUT2D eigenvalue weighted by Crippen LogP contribution is 2.33. The van der Waals surface area contributed by atoms with E-state index in [4.69, 9.17) is 19.9 Å². The summed E-state index contributed by atoms with van der Waals surface area (Å²) in [5.74, 6) is -7.39. The number of amides is 10. The number of hydrogen-bond donors (Lipinski definition) is 14. The number of carbonyl (C=O) groups is 10. The number of primary amides is 1. The van der Waals surface area contributed by atoms with Gasteiger partial charge in [-0.1, -0.05) is 11.6 Å². The van der Waals surface area contributed by atoms with E-state index in [9.17, 15) is 58.2 Å². The standard InChI is InChI=1S/C52H79N17O15S/c1-29-47(76)61-35(46(53)75)7-5-6-11-69-23-34(67-68-69)20-36(60-43(74)25-84-16-15-83-14-13-82-12-10-56-42(73)9-4-3-8-41-45-39(26-85-41)64-52(81)66-45)49(78)62-37(19-33-22-55-28-58-33)50(79)63-38(24-70)40(72)18-31(17-32-21-54-27-57-32)48(77)65-44(30(2)71)51(80)59-29/h21-23,27-31,35-39,41,44-45,70-71H,3-20,24-26H2,1-2H3,(H2,53,75)(H,54,57)(H,55,58)(H,56,73)(H,59,80)(H,60,74)(H,61,76)(H,62,78)(H,63,79)(H,65,77)(H2,64,66,81)/t29-,30+,31+,35+,36+,37-,38-,39+,41+,44-,45+/m1/s1. The fraction of sp³-hybridized carbons (Fsp3) is 0.654. The van der Waals surface area contributed by atoms with Crippen LogP contribution < -0.4 is 53.6 Å². The van der Waals surface area contributed by atoms with Crippen molar-refractivity contribution in [3.63, 3.8) is 0 Å². The van der Waals surface area contributed by atoms with Crippen LogP contribution in [0, 0.1) is 5.92 Å². The Morgan fingerprint density at radius 2 is 1.49 bits per heavy atom. The van der Waals surface area contributed by atoms with Crippen molar-refractivity contribution in [2.45, 2.75) is 151 Å². The topological polar surface area (TPSA) is 461 Å². The number of aliphatic hydroxyl groups is 2. The maximum Gasteiger partial charge on any atom is 0.315 e. The van der Waals surface area contributed by atoms with Crippen molar-refractivity contribution in [3.8, 4) is 0 Å². The average Bonchev–Trinajstić information content (AvgIpc) is 4.54. The highest BCUT2D eigenvalue weighted by Gasteiger charge is 2.43. The summed E-state index contributed by atoms with van der Waals surface area (Å²) in [6.07, 6.45) is 7.94. The molecule has 10 amide bonds. The number of nitrogens with one attached hydrogen (secondary N) is 11. The Bertz CT molecular complexity index is 2680. The predicted octanol–water partition coefficient (Wildman–Crippen LogP) is -4.81. The number of aliphatic hydroxyl groups excluding tert-OH is 2. The normalized spacial score (nSPS) is 25.4. The first kappa shape index (κ1) is 66.5. The predicted molar refractivity (Wildman–Crippen MR) is 300 cm³/mol. The number of carbonyl (C=O) groups excluding carboxylic acids is 10. The van der Waals surface area contributed by atoms with E-state index in [0.29, 0.717) is 42.4 Å². The summed E-state index contributed by atoms with van der Waals surface area (Å²) in [6, 6.07) is -8.45. The van der Waals surface area contributed by atoms with E-state index in [1.54, 1.807) is 0 Å². The van der Waals surface area contributed by atoms with E-state index in [2.05, 4.69) is 78.1 Å². The second-order valence-electron chi connectivity index (χ2n) is 20.9. The van der Waals surface area contributed by atoms with Crippen LogP contribution >= 0.6 is 11.8 Å². The van der Waals surface area contributed by atoms with Crippen LogP contribution in [0.1, 0.15) is 82.3 Å².